The van der Waals surface area contributed by atoms with Crippen LogP contribution < -0.4 is 67.5 Å². The number of aromatic nitrogens is 12. The van der Waals surface area contributed by atoms with Gasteiger partial charge in [-0.3, -0.25) is 86.1 Å². The van der Waals surface area contributed by atoms with Gasteiger partial charge in [-0.1, -0.05) is 68.4 Å². The molecule has 12 rings (SSSR count). The Bertz CT molecular complexity index is 4840. The molecule has 0 radical (unpaired) electrons. The number of alkyl halides is 12. The lowest BCUT2D eigenvalue weighted by molar-refractivity contribution is -0.154. The molecule has 12 N–H and O–H groups in total. The molecule has 646 valence electrons. The standard InChI is InChI=1S/C13H18F2N2O3.C13H16F2N2O3.C12H16F2N2O4.C11H14F2N2O5.C10H12F2N2O4.C9H10F2N2O5/c2*1-4-12(5-2)8(3)13(14,15)10(20-12)17-7-6-9(18)16-11(17)19;1-3-11(6-17)7(2)12(13,14)9(20-11)16-5-4-8(18)15-10(16)19;1-6-10(4-16,5-17)20-8(11(6,12)13)15-3-2-7(18)14-9(15)19;1-5-6(4-15)18-8(10(5,11)12)14-3-2-7(16)13-9(14)17;10-9(11)6(16)4(3-14)18-7(9)13-2-1-5(15)12-8(13)17/h6-8,10H,4-5H2,1-3H3,(H,16,18,19);4,6-8,10H,1,5H2,2-3H3,(H,16,18,19);4-5,7,9,17H,3,6H2,1-2H3,(H,15,18,19);2-3,6,8,16-17H,4-5H2,1H3,(H,14,18,19);2-3,5-6,8,15H,4H2,1H3,(H,13,16,17);1-2,4,6-7,14,16H,3H2,(H,12,15,17)/t8-,10-;8-,10-,12-;7-,9-,11+;6-,8-;5-,6-,8-;4-,6-,7-/m111111/s1. The molecular weight excluding hydrogens is 1600 g/mol. The zero-order valence-electron chi connectivity index (χ0n) is 62.9. The van der Waals surface area contributed by atoms with Crippen LogP contribution in [-0.2, 0) is 28.4 Å². The van der Waals surface area contributed by atoms with Crippen LogP contribution >= 0.6 is 0 Å². The zero-order chi connectivity index (χ0) is 87.5. The number of halogens is 12. The molecule has 116 heavy (non-hydrogen) atoms. The number of aliphatic hydroxyl groups is 6. The largest absolute Gasteiger partial charge is 0.394 e. The zero-order valence-corrected chi connectivity index (χ0v) is 62.9. The Labute approximate surface area is 642 Å². The maximum Gasteiger partial charge on any atom is 0.330 e. The fourth-order valence-corrected chi connectivity index (χ4v) is 13.8. The van der Waals surface area contributed by atoms with Gasteiger partial charge in [-0.25, -0.2) is 72.7 Å². The van der Waals surface area contributed by atoms with Crippen LogP contribution in [0.15, 0.2) is 144 Å². The maximum absolute atomic E-state index is 14.5. The van der Waals surface area contributed by atoms with E-state index in [4.69, 9.17) is 38.6 Å². The number of aromatic amines is 6. The lowest BCUT2D eigenvalue weighted by Gasteiger charge is -2.30. The van der Waals surface area contributed by atoms with Crippen molar-refractivity contribution in [2.45, 2.75) is 202 Å². The molecule has 6 aromatic heterocycles. The SMILES string of the molecule is C=C[C@]1(CC)O[C@@H](n2ccc(=O)[nH]c2=O)C(F)(F)[C@@H]1C.CCC1(CC)O[C@@H](n2ccc(=O)[nH]c2=O)C(F)(F)[C@@H]1C.CC[C@@]1(CO)O[C@@H](n2ccc(=O)[nH]c2=O)C(F)(F)[C@@H]1C.C[C@@H]1C(CO)(CO)O[C@@H](n2ccc(=O)[nH]c2=O)C1(F)F.C[C@@H]1[C@@H](CO)O[C@@H](n2ccc(=O)[nH]c2=O)C1(F)F.O=c1ccn([C@@H]2O[C@H](CO)[C@@H](O)C2(F)F)c(=O)[nH]1. The number of nitrogens with one attached hydrogen (secondary N) is 6. The first-order valence-electron chi connectivity index (χ1n) is 35.4. The van der Waals surface area contributed by atoms with E-state index in [0.717, 1.165) is 85.1 Å². The van der Waals surface area contributed by atoms with Crippen LogP contribution in [0.5, 0.6) is 0 Å². The van der Waals surface area contributed by atoms with Gasteiger partial charge in [0.1, 0.15) is 17.3 Å². The summed E-state index contributed by atoms with van der Waals surface area (Å²) >= 11 is 0. The van der Waals surface area contributed by atoms with Crippen molar-refractivity contribution in [3.05, 3.63) is 211 Å². The van der Waals surface area contributed by atoms with E-state index in [1.54, 1.807) is 32.7 Å². The van der Waals surface area contributed by atoms with Crippen molar-refractivity contribution in [1.29, 1.82) is 0 Å². The van der Waals surface area contributed by atoms with Crippen molar-refractivity contribution in [1.82, 2.24) is 57.3 Å². The maximum atomic E-state index is 14.5. The number of aliphatic hydroxyl groups excluding tert-OH is 6. The number of H-pyrrole nitrogens is 6. The van der Waals surface area contributed by atoms with Gasteiger partial charge in [0.25, 0.3) is 63.0 Å². The predicted octanol–water partition coefficient (Wildman–Crippen LogP) is 1.23. The van der Waals surface area contributed by atoms with Crippen LogP contribution in [0.2, 0.25) is 0 Å². The van der Waals surface area contributed by atoms with Crippen LogP contribution in [0, 0.1) is 29.6 Å². The number of nitrogens with zero attached hydrogens (tertiary/aromatic N) is 6. The van der Waals surface area contributed by atoms with Gasteiger partial charge < -0.3 is 59.1 Å². The first-order chi connectivity index (χ1) is 53.9. The van der Waals surface area contributed by atoms with E-state index < -0.39 is 244 Å². The fourth-order valence-electron chi connectivity index (χ4n) is 13.8. The molecule has 6 aliphatic heterocycles. The first-order valence-corrected chi connectivity index (χ1v) is 35.4. The van der Waals surface area contributed by atoms with Crippen LogP contribution in [0.25, 0.3) is 0 Å². The Balaban J connectivity index is 0.000000193. The Morgan fingerprint density at radius 1 is 0.353 bits per heavy atom. The molecule has 0 saturated carbocycles. The van der Waals surface area contributed by atoms with E-state index in [1.807, 2.05) is 24.9 Å². The normalized spacial score (nSPS) is 30.2. The lowest BCUT2D eigenvalue weighted by atomic mass is 9.82. The molecule has 36 nitrogen and oxygen atoms in total. The minimum Gasteiger partial charge on any atom is -0.394 e. The van der Waals surface area contributed by atoms with Gasteiger partial charge in [0, 0.05) is 73.6 Å². The molecule has 0 spiro atoms. The Hall–Kier alpha value is -9.50. The van der Waals surface area contributed by atoms with Gasteiger partial charge in [0.05, 0.1) is 79.9 Å². The summed E-state index contributed by atoms with van der Waals surface area (Å²) in [6.07, 6.45) is -7.61. The third kappa shape index (κ3) is 17.6. The second kappa shape index (κ2) is 35.4. The van der Waals surface area contributed by atoms with E-state index in [9.17, 15) is 131 Å². The highest BCUT2D eigenvalue weighted by atomic mass is 19.3. The summed E-state index contributed by atoms with van der Waals surface area (Å²) in [4.78, 5) is 146. The monoisotopic (exact) mass is 1680 g/mol. The van der Waals surface area contributed by atoms with Crippen molar-refractivity contribution < 1.29 is 112 Å². The topological polar surface area (TPSA) is 506 Å². The smallest absolute Gasteiger partial charge is 0.330 e. The minimum atomic E-state index is -3.75. The number of ether oxygens (including phenoxy) is 6. The van der Waals surface area contributed by atoms with E-state index >= 15 is 0 Å². The van der Waals surface area contributed by atoms with Gasteiger partial charge in [-0.2, -0.15) is 8.78 Å². The number of hydrogen-bond donors (Lipinski definition) is 12. The predicted molar refractivity (Wildman–Crippen MR) is 375 cm³/mol. The molecule has 16 atom stereocenters. The van der Waals surface area contributed by atoms with Crippen LogP contribution in [0.3, 0.4) is 0 Å². The van der Waals surface area contributed by atoms with E-state index in [-0.39, 0.29) is 6.42 Å². The third-order valence-corrected chi connectivity index (χ3v) is 21.8. The number of hydrogen-bond acceptors (Lipinski definition) is 24. The molecule has 0 aliphatic carbocycles. The molecule has 0 amide bonds. The molecule has 0 bridgehead atoms. The van der Waals surface area contributed by atoms with Gasteiger partial charge >= 0.3 is 40.1 Å². The summed E-state index contributed by atoms with van der Waals surface area (Å²) in [6, 6.07) is 5.74. The lowest BCUT2D eigenvalue weighted by Crippen LogP contribution is -2.45. The average molecular weight is 1680 g/mol. The summed E-state index contributed by atoms with van der Waals surface area (Å²) in [7, 11) is 0. The van der Waals surface area contributed by atoms with Crippen molar-refractivity contribution in [2.75, 3.05) is 33.0 Å². The van der Waals surface area contributed by atoms with Crippen molar-refractivity contribution >= 4 is 0 Å². The Morgan fingerprint density at radius 2 is 0.603 bits per heavy atom. The highest BCUT2D eigenvalue weighted by Crippen LogP contribution is 2.57. The quantitative estimate of drug-likeness (QED) is 0.0479. The molecule has 48 heteroatoms. The summed E-state index contributed by atoms with van der Waals surface area (Å²) in [5.41, 5.74) is -15.4. The van der Waals surface area contributed by atoms with Crippen LogP contribution in [-0.4, -0.2) is 197 Å². The molecule has 0 aromatic carbocycles. The molecule has 0 unspecified atom stereocenters. The third-order valence-electron chi connectivity index (χ3n) is 21.8. The van der Waals surface area contributed by atoms with Crippen molar-refractivity contribution in [3.8, 4) is 0 Å². The van der Waals surface area contributed by atoms with Gasteiger partial charge in [-0.05, 0) is 25.7 Å². The molecule has 6 aliphatic rings. The summed E-state index contributed by atoms with van der Waals surface area (Å²) < 4.78 is 205. The molecule has 12 heterocycles. The van der Waals surface area contributed by atoms with Crippen LogP contribution in [0.1, 0.15) is 125 Å². The van der Waals surface area contributed by atoms with Gasteiger partial charge in [-0.15, -0.1) is 6.58 Å². The van der Waals surface area contributed by atoms with E-state index in [2.05, 4.69) is 6.58 Å². The molecular formula is C68H86F12N12O24. The molecule has 6 fully saturated rings. The van der Waals surface area contributed by atoms with E-state index in [1.165, 1.54) is 33.8 Å². The second-order valence-electron chi connectivity index (χ2n) is 27.8. The Morgan fingerprint density at radius 3 is 0.828 bits per heavy atom. The Kier molecular flexibility index (Phi) is 28.6. The van der Waals surface area contributed by atoms with E-state index in [0.29, 0.717) is 42.1 Å². The van der Waals surface area contributed by atoms with Crippen molar-refractivity contribution in [2.24, 2.45) is 29.6 Å². The molecule has 6 saturated heterocycles. The summed E-state index contributed by atoms with van der Waals surface area (Å²) in [5, 5.41) is 54.9. The van der Waals surface area contributed by atoms with Gasteiger partial charge in [0.15, 0.2) is 6.10 Å². The fraction of sp³-hybridized carbons (Fsp3) is 0.618. The average Bonchev–Trinajstić information content (AvgIpc) is 1.59. The summed E-state index contributed by atoms with van der Waals surface area (Å²) in [5.74, 6) is -26.5. The van der Waals surface area contributed by atoms with Crippen molar-refractivity contribution in [3.63, 3.8) is 0 Å². The van der Waals surface area contributed by atoms with Gasteiger partial charge in [0.2, 0.25) is 37.4 Å². The van der Waals surface area contributed by atoms with Crippen LogP contribution in [0.4, 0.5) is 52.7 Å². The first kappa shape index (κ1) is 93.7. The molecule has 6 aromatic rings. The highest BCUT2D eigenvalue weighted by Gasteiger charge is 2.68. The second-order valence-corrected chi connectivity index (χ2v) is 27.8. The minimum absolute atomic E-state index is 0.175. The number of rotatable bonds is 16. The highest BCUT2D eigenvalue weighted by molar-refractivity contribution is 5.12. The summed E-state index contributed by atoms with van der Waals surface area (Å²) in [6.45, 7) is 13.3.